The van der Waals surface area contributed by atoms with Crippen LogP contribution in [0.4, 0.5) is 0 Å². The molecule has 23 heavy (non-hydrogen) atoms. The molecular formula is C20H18N2O. The Morgan fingerprint density at radius 2 is 1.39 bits per heavy atom. The Hall–Kier alpha value is -2.94. The molecule has 1 heterocycles. The molecule has 1 amide bonds. The van der Waals surface area contributed by atoms with E-state index in [-0.39, 0.29) is 11.8 Å². The monoisotopic (exact) mass is 302 g/mol. The minimum Gasteiger partial charge on any atom is -0.350 e. The summed E-state index contributed by atoms with van der Waals surface area (Å²) in [4.78, 5) is 16.3. The predicted octanol–water partition coefficient (Wildman–Crippen LogP) is 3.64. The van der Waals surface area contributed by atoms with Crippen molar-refractivity contribution < 1.29 is 4.79 Å². The number of amides is 1. The van der Waals surface area contributed by atoms with Crippen LogP contribution >= 0.6 is 0 Å². The molecule has 0 spiro atoms. The number of hydrogen-bond acceptors (Lipinski definition) is 2. The summed E-state index contributed by atoms with van der Waals surface area (Å²) in [6.45, 7) is 0.531. The maximum Gasteiger partial charge on any atom is 0.269 e. The maximum absolute atomic E-state index is 12.2. The molecule has 0 aliphatic rings. The standard InChI is InChI=1S/C20H18N2O/c23-20(19-13-7-8-14-21-19)22-15-18(16-9-3-1-4-10-16)17-11-5-2-6-12-17/h1-14,18H,15H2,(H,22,23). The third kappa shape index (κ3) is 3.83. The number of rotatable bonds is 5. The Labute approximate surface area is 136 Å². The number of benzene rings is 2. The first kappa shape index (κ1) is 15.0. The van der Waals surface area contributed by atoms with Crippen molar-refractivity contribution >= 4 is 5.91 Å². The molecule has 0 saturated carbocycles. The van der Waals surface area contributed by atoms with Crippen LogP contribution in [0, 0.1) is 0 Å². The van der Waals surface area contributed by atoms with Gasteiger partial charge in [0.25, 0.3) is 5.91 Å². The van der Waals surface area contributed by atoms with Crippen molar-refractivity contribution in [2.45, 2.75) is 5.92 Å². The summed E-state index contributed by atoms with van der Waals surface area (Å²) >= 11 is 0. The second-order valence-electron chi connectivity index (χ2n) is 5.30. The molecule has 0 radical (unpaired) electrons. The van der Waals surface area contributed by atoms with Gasteiger partial charge in [-0.15, -0.1) is 0 Å². The van der Waals surface area contributed by atoms with E-state index in [0.29, 0.717) is 12.2 Å². The largest absolute Gasteiger partial charge is 0.350 e. The van der Waals surface area contributed by atoms with E-state index in [1.807, 2.05) is 42.5 Å². The molecule has 3 rings (SSSR count). The zero-order valence-electron chi connectivity index (χ0n) is 12.7. The van der Waals surface area contributed by atoms with Gasteiger partial charge in [0.2, 0.25) is 0 Å². The Kier molecular flexibility index (Phi) is 4.79. The summed E-state index contributed by atoms with van der Waals surface area (Å²) in [5, 5.41) is 2.99. The molecule has 0 aliphatic heterocycles. The van der Waals surface area contributed by atoms with Gasteiger partial charge in [0.15, 0.2) is 0 Å². The molecule has 2 aromatic carbocycles. The van der Waals surface area contributed by atoms with E-state index >= 15 is 0 Å². The number of nitrogens with zero attached hydrogens (tertiary/aromatic N) is 1. The fraction of sp³-hybridized carbons (Fsp3) is 0.100. The van der Waals surface area contributed by atoms with Crippen molar-refractivity contribution in [1.82, 2.24) is 10.3 Å². The van der Waals surface area contributed by atoms with Gasteiger partial charge in [-0.1, -0.05) is 66.7 Å². The summed E-state index contributed by atoms with van der Waals surface area (Å²) in [7, 11) is 0. The second-order valence-corrected chi connectivity index (χ2v) is 5.30. The Bertz CT molecular complexity index is 703. The number of aromatic nitrogens is 1. The molecule has 0 atom stereocenters. The molecule has 1 N–H and O–H groups in total. The van der Waals surface area contributed by atoms with Gasteiger partial charge in [-0.05, 0) is 23.3 Å². The molecule has 0 aliphatic carbocycles. The van der Waals surface area contributed by atoms with Gasteiger partial charge in [-0.25, -0.2) is 0 Å². The van der Waals surface area contributed by atoms with Gasteiger partial charge in [0.1, 0.15) is 5.69 Å². The highest BCUT2D eigenvalue weighted by Gasteiger charge is 2.15. The van der Waals surface area contributed by atoms with Gasteiger partial charge >= 0.3 is 0 Å². The van der Waals surface area contributed by atoms with Crippen LogP contribution in [0.15, 0.2) is 85.1 Å². The van der Waals surface area contributed by atoms with Crippen LogP contribution in [0.1, 0.15) is 27.5 Å². The summed E-state index contributed by atoms with van der Waals surface area (Å²) in [5.74, 6) is -0.0347. The smallest absolute Gasteiger partial charge is 0.269 e. The van der Waals surface area contributed by atoms with E-state index in [4.69, 9.17) is 0 Å². The minimum atomic E-state index is -0.150. The van der Waals surface area contributed by atoms with Crippen LogP contribution in [-0.2, 0) is 0 Å². The van der Waals surface area contributed by atoms with Gasteiger partial charge in [-0.3, -0.25) is 9.78 Å². The molecule has 3 nitrogen and oxygen atoms in total. The van der Waals surface area contributed by atoms with Crippen molar-refractivity contribution in [3.63, 3.8) is 0 Å². The first-order chi connectivity index (χ1) is 11.3. The summed E-state index contributed by atoms with van der Waals surface area (Å²) < 4.78 is 0. The highest BCUT2D eigenvalue weighted by atomic mass is 16.1. The van der Waals surface area contributed by atoms with Crippen molar-refractivity contribution in [2.75, 3.05) is 6.54 Å². The molecule has 0 unspecified atom stereocenters. The Morgan fingerprint density at radius 3 is 1.91 bits per heavy atom. The van der Waals surface area contributed by atoms with Crippen LogP contribution in [0.3, 0.4) is 0 Å². The summed E-state index contributed by atoms with van der Waals surface area (Å²) in [6, 6.07) is 25.8. The number of carbonyl (C=O) groups is 1. The van der Waals surface area contributed by atoms with Crippen molar-refractivity contribution in [3.8, 4) is 0 Å². The van der Waals surface area contributed by atoms with Crippen LogP contribution in [-0.4, -0.2) is 17.4 Å². The normalized spacial score (nSPS) is 10.5. The fourth-order valence-electron chi connectivity index (χ4n) is 2.58. The molecule has 0 fully saturated rings. The summed E-state index contributed by atoms with van der Waals surface area (Å²) in [5.41, 5.74) is 2.80. The van der Waals surface area contributed by atoms with Crippen molar-refractivity contribution in [2.24, 2.45) is 0 Å². The zero-order chi connectivity index (χ0) is 15.9. The van der Waals surface area contributed by atoms with E-state index in [1.165, 1.54) is 11.1 Å². The van der Waals surface area contributed by atoms with Crippen molar-refractivity contribution in [3.05, 3.63) is 102 Å². The van der Waals surface area contributed by atoms with Crippen LogP contribution < -0.4 is 5.32 Å². The Balaban J connectivity index is 1.79. The van der Waals surface area contributed by atoms with E-state index in [9.17, 15) is 4.79 Å². The number of carbonyl (C=O) groups excluding carboxylic acids is 1. The van der Waals surface area contributed by atoms with Crippen LogP contribution in [0.5, 0.6) is 0 Å². The zero-order valence-corrected chi connectivity index (χ0v) is 12.7. The van der Waals surface area contributed by atoms with E-state index in [2.05, 4.69) is 34.6 Å². The molecular weight excluding hydrogens is 284 g/mol. The van der Waals surface area contributed by atoms with Crippen LogP contribution in [0.2, 0.25) is 0 Å². The lowest BCUT2D eigenvalue weighted by Gasteiger charge is -2.18. The number of hydrogen-bond donors (Lipinski definition) is 1. The van der Waals surface area contributed by atoms with Gasteiger partial charge < -0.3 is 5.32 Å². The quantitative estimate of drug-likeness (QED) is 0.782. The molecule has 3 heteroatoms. The van der Waals surface area contributed by atoms with Gasteiger partial charge in [-0.2, -0.15) is 0 Å². The minimum absolute atomic E-state index is 0.116. The lowest BCUT2D eigenvalue weighted by molar-refractivity contribution is 0.0947. The third-order valence-corrected chi connectivity index (χ3v) is 3.77. The second kappa shape index (κ2) is 7.36. The van der Waals surface area contributed by atoms with Gasteiger partial charge in [0, 0.05) is 18.7 Å². The third-order valence-electron chi connectivity index (χ3n) is 3.77. The first-order valence-electron chi connectivity index (χ1n) is 7.64. The highest BCUT2D eigenvalue weighted by Crippen LogP contribution is 2.23. The molecule has 0 bridgehead atoms. The lowest BCUT2D eigenvalue weighted by atomic mass is 9.91. The topological polar surface area (TPSA) is 42.0 Å². The van der Waals surface area contributed by atoms with E-state index < -0.39 is 0 Å². The van der Waals surface area contributed by atoms with Gasteiger partial charge in [0.05, 0.1) is 0 Å². The SMILES string of the molecule is O=C(NCC(c1ccccc1)c1ccccc1)c1ccccn1. The molecule has 1 aromatic heterocycles. The highest BCUT2D eigenvalue weighted by molar-refractivity contribution is 5.92. The lowest BCUT2D eigenvalue weighted by Crippen LogP contribution is -2.29. The van der Waals surface area contributed by atoms with Crippen LogP contribution in [0.25, 0.3) is 0 Å². The molecule has 3 aromatic rings. The average Bonchev–Trinajstić information content (AvgIpc) is 2.64. The number of pyridine rings is 1. The summed E-state index contributed by atoms with van der Waals surface area (Å²) in [6.07, 6.45) is 1.63. The number of nitrogens with one attached hydrogen (secondary N) is 1. The van der Waals surface area contributed by atoms with E-state index in [1.54, 1.807) is 18.3 Å². The predicted molar refractivity (Wildman–Crippen MR) is 91.3 cm³/mol. The molecule has 0 saturated heterocycles. The first-order valence-corrected chi connectivity index (χ1v) is 7.64. The van der Waals surface area contributed by atoms with Crippen molar-refractivity contribution in [1.29, 1.82) is 0 Å². The maximum atomic E-state index is 12.2. The molecule has 114 valence electrons. The average molecular weight is 302 g/mol. The van der Waals surface area contributed by atoms with E-state index in [0.717, 1.165) is 0 Å². The Morgan fingerprint density at radius 1 is 0.826 bits per heavy atom. The fourth-order valence-corrected chi connectivity index (χ4v) is 2.58.